The third-order valence-corrected chi connectivity index (χ3v) is 3.16. The highest BCUT2D eigenvalue weighted by atomic mass is 79.9. The zero-order valence-electron chi connectivity index (χ0n) is 9.62. The summed E-state index contributed by atoms with van der Waals surface area (Å²) >= 11 is 3.06. The Labute approximate surface area is 116 Å². The summed E-state index contributed by atoms with van der Waals surface area (Å²) in [5.41, 5.74) is 0.585. The van der Waals surface area contributed by atoms with Gasteiger partial charge in [-0.25, -0.2) is 8.78 Å². The Balaban J connectivity index is 2.19. The SMILES string of the molecule is Oc1ccc(CNc2c(F)cc(F)cc2Br)c(O)c1. The van der Waals surface area contributed by atoms with Crippen molar-refractivity contribution in [2.24, 2.45) is 0 Å². The summed E-state index contributed by atoms with van der Waals surface area (Å²) in [5.74, 6) is -1.57. The average Bonchev–Trinajstić information content (AvgIpc) is 2.30. The first-order valence-corrected chi connectivity index (χ1v) is 6.16. The molecule has 3 nitrogen and oxygen atoms in total. The Morgan fingerprint density at radius 2 is 1.84 bits per heavy atom. The van der Waals surface area contributed by atoms with Crippen LogP contribution in [-0.2, 0) is 6.54 Å². The molecule has 0 aliphatic carbocycles. The second kappa shape index (κ2) is 5.44. The van der Waals surface area contributed by atoms with Gasteiger partial charge in [0.25, 0.3) is 0 Å². The van der Waals surface area contributed by atoms with Gasteiger partial charge in [0.1, 0.15) is 23.1 Å². The average molecular weight is 330 g/mol. The molecule has 0 saturated heterocycles. The van der Waals surface area contributed by atoms with Gasteiger partial charge in [0.2, 0.25) is 0 Å². The molecule has 100 valence electrons. The van der Waals surface area contributed by atoms with Crippen molar-refractivity contribution in [3.05, 3.63) is 52.0 Å². The van der Waals surface area contributed by atoms with Crippen molar-refractivity contribution in [2.45, 2.75) is 6.54 Å². The Kier molecular flexibility index (Phi) is 3.90. The Morgan fingerprint density at radius 3 is 2.47 bits per heavy atom. The fourth-order valence-electron chi connectivity index (χ4n) is 1.60. The summed E-state index contributed by atoms with van der Waals surface area (Å²) in [7, 11) is 0. The summed E-state index contributed by atoms with van der Waals surface area (Å²) in [4.78, 5) is 0. The van der Waals surface area contributed by atoms with Crippen LogP contribution in [0.2, 0.25) is 0 Å². The third kappa shape index (κ3) is 3.14. The fourth-order valence-corrected chi connectivity index (χ4v) is 2.14. The maximum absolute atomic E-state index is 13.5. The van der Waals surface area contributed by atoms with E-state index in [0.717, 1.165) is 12.1 Å². The Hall–Kier alpha value is -1.82. The van der Waals surface area contributed by atoms with Gasteiger partial charge < -0.3 is 15.5 Å². The summed E-state index contributed by atoms with van der Waals surface area (Å²) in [6, 6.07) is 6.01. The van der Waals surface area contributed by atoms with Gasteiger partial charge in [-0.15, -0.1) is 0 Å². The van der Waals surface area contributed by atoms with Gasteiger partial charge in [-0.05, 0) is 34.1 Å². The molecule has 19 heavy (non-hydrogen) atoms. The van der Waals surface area contributed by atoms with Crippen LogP contribution in [0.3, 0.4) is 0 Å². The van der Waals surface area contributed by atoms with E-state index >= 15 is 0 Å². The second-order valence-corrected chi connectivity index (χ2v) is 4.77. The minimum atomic E-state index is -0.731. The molecule has 0 aliphatic rings. The molecule has 0 atom stereocenters. The maximum atomic E-state index is 13.5. The maximum Gasteiger partial charge on any atom is 0.150 e. The quantitative estimate of drug-likeness (QED) is 0.803. The standard InChI is InChI=1S/C13H10BrF2NO2/c14-10-3-8(15)4-11(16)13(10)17-6-7-1-2-9(18)5-12(7)19/h1-5,17-19H,6H2. The minimum absolute atomic E-state index is 0.0598. The largest absolute Gasteiger partial charge is 0.508 e. The van der Waals surface area contributed by atoms with Gasteiger partial charge >= 0.3 is 0 Å². The molecule has 0 saturated carbocycles. The van der Waals surface area contributed by atoms with Crippen LogP contribution in [0.4, 0.5) is 14.5 Å². The molecule has 2 aromatic carbocycles. The van der Waals surface area contributed by atoms with Gasteiger partial charge in [0.15, 0.2) is 0 Å². The number of benzene rings is 2. The number of phenols is 2. The summed E-state index contributed by atoms with van der Waals surface area (Å²) < 4.78 is 26.7. The lowest BCUT2D eigenvalue weighted by molar-refractivity contribution is 0.446. The molecule has 0 spiro atoms. The van der Waals surface area contributed by atoms with Gasteiger partial charge in [0, 0.05) is 28.7 Å². The van der Waals surface area contributed by atoms with Crippen LogP contribution in [0.15, 0.2) is 34.8 Å². The molecule has 0 aromatic heterocycles. The predicted octanol–water partition coefficient (Wildman–Crippen LogP) is 3.75. The molecular formula is C13H10BrF2NO2. The van der Waals surface area contributed by atoms with E-state index in [4.69, 9.17) is 5.11 Å². The number of nitrogens with one attached hydrogen (secondary N) is 1. The van der Waals surface area contributed by atoms with E-state index in [1.54, 1.807) is 0 Å². The van der Waals surface area contributed by atoms with E-state index in [-0.39, 0.29) is 28.2 Å². The van der Waals surface area contributed by atoms with Crippen molar-refractivity contribution in [3.8, 4) is 11.5 Å². The summed E-state index contributed by atoms with van der Waals surface area (Å²) in [5, 5.41) is 21.5. The highest BCUT2D eigenvalue weighted by molar-refractivity contribution is 9.10. The first-order chi connectivity index (χ1) is 8.97. The predicted molar refractivity (Wildman–Crippen MR) is 71.2 cm³/mol. The molecule has 0 unspecified atom stereocenters. The van der Waals surface area contributed by atoms with Crippen LogP contribution in [-0.4, -0.2) is 10.2 Å². The van der Waals surface area contributed by atoms with Crippen LogP contribution < -0.4 is 5.32 Å². The highest BCUT2D eigenvalue weighted by Gasteiger charge is 2.10. The van der Waals surface area contributed by atoms with Crippen LogP contribution in [0.5, 0.6) is 11.5 Å². The van der Waals surface area contributed by atoms with Crippen LogP contribution in [0, 0.1) is 11.6 Å². The van der Waals surface area contributed by atoms with Crippen LogP contribution in [0.1, 0.15) is 5.56 Å². The number of phenolic OH excluding ortho intramolecular Hbond substituents is 2. The van der Waals surface area contributed by atoms with E-state index < -0.39 is 11.6 Å². The molecule has 0 heterocycles. The molecule has 0 aliphatic heterocycles. The van der Waals surface area contributed by atoms with Crippen LogP contribution >= 0.6 is 15.9 Å². The number of anilines is 1. The molecule has 6 heteroatoms. The zero-order chi connectivity index (χ0) is 14.0. The van der Waals surface area contributed by atoms with Gasteiger partial charge in [0.05, 0.1) is 5.69 Å². The first-order valence-electron chi connectivity index (χ1n) is 5.36. The van der Waals surface area contributed by atoms with E-state index in [1.807, 2.05) is 0 Å². The van der Waals surface area contributed by atoms with Gasteiger partial charge in [-0.3, -0.25) is 0 Å². The molecule has 3 N–H and O–H groups in total. The van der Waals surface area contributed by atoms with Crippen molar-refractivity contribution >= 4 is 21.6 Å². The number of hydrogen-bond donors (Lipinski definition) is 3. The van der Waals surface area contributed by atoms with E-state index in [1.165, 1.54) is 18.2 Å². The lowest BCUT2D eigenvalue weighted by Gasteiger charge is -2.11. The lowest BCUT2D eigenvalue weighted by atomic mass is 10.2. The smallest absolute Gasteiger partial charge is 0.150 e. The molecule has 2 aromatic rings. The molecule has 0 radical (unpaired) electrons. The van der Waals surface area contributed by atoms with Crippen molar-refractivity contribution in [1.29, 1.82) is 0 Å². The third-order valence-electron chi connectivity index (χ3n) is 2.53. The van der Waals surface area contributed by atoms with Crippen molar-refractivity contribution in [1.82, 2.24) is 0 Å². The molecule has 0 bridgehead atoms. The number of halogens is 3. The fraction of sp³-hybridized carbons (Fsp3) is 0.0769. The number of rotatable bonds is 3. The summed E-state index contributed by atoms with van der Waals surface area (Å²) in [6.45, 7) is 0.132. The van der Waals surface area contributed by atoms with Crippen molar-refractivity contribution in [3.63, 3.8) is 0 Å². The topological polar surface area (TPSA) is 52.5 Å². The zero-order valence-corrected chi connectivity index (χ0v) is 11.2. The molecular weight excluding hydrogens is 320 g/mol. The van der Waals surface area contributed by atoms with E-state index in [0.29, 0.717) is 5.56 Å². The van der Waals surface area contributed by atoms with Gasteiger partial charge in [-0.2, -0.15) is 0 Å². The number of aromatic hydroxyl groups is 2. The van der Waals surface area contributed by atoms with Crippen molar-refractivity contribution < 1.29 is 19.0 Å². The highest BCUT2D eigenvalue weighted by Crippen LogP contribution is 2.29. The van der Waals surface area contributed by atoms with E-state index in [2.05, 4.69) is 21.2 Å². The lowest BCUT2D eigenvalue weighted by Crippen LogP contribution is -2.03. The second-order valence-electron chi connectivity index (χ2n) is 3.91. The van der Waals surface area contributed by atoms with Crippen LogP contribution in [0.25, 0.3) is 0 Å². The monoisotopic (exact) mass is 329 g/mol. The molecule has 0 fully saturated rings. The molecule has 0 amide bonds. The minimum Gasteiger partial charge on any atom is -0.508 e. The normalized spacial score (nSPS) is 10.5. The Bertz CT molecular complexity index is 597. The van der Waals surface area contributed by atoms with Crippen molar-refractivity contribution in [2.75, 3.05) is 5.32 Å². The van der Waals surface area contributed by atoms with Gasteiger partial charge in [-0.1, -0.05) is 0 Å². The summed E-state index contributed by atoms with van der Waals surface area (Å²) in [6.07, 6.45) is 0. The number of hydrogen-bond acceptors (Lipinski definition) is 3. The molecule has 2 rings (SSSR count). The van der Waals surface area contributed by atoms with E-state index in [9.17, 15) is 13.9 Å². The Morgan fingerprint density at radius 1 is 1.11 bits per heavy atom. The first kappa shape index (κ1) is 13.6.